The molecule has 0 radical (unpaired) electrons. The molecule has 0 atom stereocenters. The molecular formula is C14H8Cl4N2. The van der Waals surface area contributed by atoms with Gasteiger partial charge in [0.05, 0.1) is 10.0 Å². The summed E-state index contributed by atoms with van der Waals surface area (Å²) in [7, 11) is 0. The van der Waals surface area contributed by atoms with Crippen molar-refractivity contribution in [2.24, 2.45) is 10.2 Å². The minimum absolute atomic E-state index is 0.154. The van der Waals surface area contributed by atoms with E-state index in [1.54, 1.807) is 48.5 Å². The van der Waals surface area contributed by atoms with E-state index < -0.39 is 0 Å². The molecule has 0 aromatic heterocycles. The molecule has 0 spiro atoms. The van der Waals surface area contributed by atoms with Crippen LogP contribution in [0.2, 0.25) is 10.0 Å². The summed E-state index contributed by atoms with van der Waals surface area (Å²) in [4.78, 5) is 0. The Morgan fingerprint density at radius 2 is 1.00 bits per heavy atom. The maximum absolute atomic E-state index is 6.05. The minimum Gasteiger partial charge on any atom is -0.136 e. The highest BCUT2D eigenvalue weighted by Crippen LogP contribution is 2.20. The zero-order chi connectivity index (χ0) is 14.5. The van der Waals surface area contributed by atoms with Crippen molar-refractivity contribution in [3.05, 3.63) is 69.7 Å². The van der Waals surface area contributed by atoms with Crippen molar-refractivity contribution in [1.82, 2.24) is 0 Å². The van der Waals surface area contributed by atoms with E-state index >= 15 is 0 Å². The van der Waals surface area contributed by atoms with Gasteiger partial charge in [-0.15, -0.1) is 10.2 Å². The fourth-order valence-electron chi connectivity index (χ4n) is 1.45. The second kappa shape index (κ2) is 7.09. The van der Waals surface area contributed by atoms with E-state index in [4.69, 9.17) is 46.4 Å². The Morgan fingerprint density at radius 3 is 1.35 bits per heavy atom. The summed E-state index contributed by atoms with van der Waals surface area (Å²) in [5.41, 5.74) is 1.17. The zero-order valence-electron chi connectivity index (χ0n) is 10.0. The van der Waals surface area contributed by atoms with Gasteiger partial charge in [0.15, 0.2) is 10.3 Å². The molecule has 0 aliphatic rings. The van der Waals surface area contributed by atoms with Crippen molar-refractivity contribution in [3.8, 4) is 0 Å². The van der Waals surface area contributed by atoms with Gasteiger partial charge in [0.2, 0.25) is 0 Å². The van der Waals surface area contributed by atoms with E-state index in [0.717, 1.165) is 0 Å². The molecule has 102 valence electrons. The van der Waals surface area contributed by atoms with Gasteiger partial charge in [0, 0.05) is 11.1 Å². The van der Waals surface area contributed by atoms with E-state index in [9.17, 15) is 0 Å². The van der Waals surface area contributed by atoms with Crippen LogP contribution in [0.5, 0.6) is 0 Å². The Bertz CT molecular complexity index is 621. The zero-order valence-corrected chi connectivity index (χ0v) is 13.0. The van der Waals surface area contributed by atoms with Gasteiger partial charge >= 0.3 is 0 Å². The Kier molecular flexibility index (Phi) is 5.44. The number of rotatable bonds is 3. The molecule has 0 fully saturated rings. The predicted octanol–water partition coefficient (Wildman–Crippen LogP) is 5.58. The van der Waals surface area contributed by atoms with Crippen molar-refractivity contribution < 1.29 is 0 Å². The topological polar surface area (TPSA) is 24.7 Å². The average molecular weight is 346 g/mol. The fraction of sp³-hybridized carbons (Fsp3) is 0. The molecular weight excluding hydrogens is 338 g/mol. The number of hydrogen-bond donors (Lipinski definition) is 0. The molecule has 2 rings (SSSR count). The van der Waals surface area contributed by atoms with Crippen molar-refractivity contribution in [3.63, 3.8) is 0 Å². The molecule has 0 heterocycles. The lowest BCUT2D eigenvalue weighted by Gasteiger charge is -2.01. The van der Waals surface area contributed by atoms with Crippen LogP contribution in [0.15, 0.2) is 58.7 Å². The van der Waals surface area contributed by atoms with Gasteiger partial charge < -0.3 is 0 Å². The first-order valence-electron chi connectivity index (χ1n) is 5.56. The molecule has 0 unspecified atom stereocenters. The summed E-state index contributed by atoms with van der Waals surface area (Å²) in [6.07, 6.45) is 0. The molecule has 0 aliphatic carbocycles. The molecule has 0 N–H and O–H groups in total. The van der Waals surface area contributed by atoms with E-state index in [2.05, 4.69) is 10.2 Å². The van der Waals surface area contributed by atoms with Gasteiger partial charge in [0.1, 0.15) is 0 Å². The number of hydrogen-bond acceptors (Lipinski definition) is 2. The number of halogens is 4. The quantitative estimate of drug-likeness (QED) is 0.512. The summed E-state index contributed by atoms with van der Waals surface area (Å²) < 4.78 is 0. The summed E-state index contributed by atoms with van der Waals surface area (Å²) in [6.45, 7) is 0. The van der Waals surface area contributed by atoms with Crippen LogP contribution in [-0.2, 0) is 0 Å². The van der Waals surface area contributed by atoms with Crippen LogP contribution in [0, 0.1) is 0 Å². The second-order valence-electron chi connectivity index (χ2n) is 3.74. The highest BCUT2D eigenvalue weighted by atomic mass is 35.5. The van der Waals surface area contributed by atoms with Crippen molar-refractivity contribution >= 4 is 56.7 Å². The van der Waals surface area contributed by atoms with E-state index in [-0.39, 0.29) is 10.3 Å². The van der Waals surface area contributed by atoms with Gasteiger partial charge in [-0.1, -0.05) is 82.8 Å². The van der Waals surface area contributed by atoms with Crippen LogP contribution in [0.4, 0.5) is 0 Å². The van der Waals surface area contributed by atoms with Gasteiger partial charge in [-0.25, -0.2) is 0 Å². The van der Waals surface area contributed by atoms with Gasteiger partial charge in [0.25, 0.3) is 0 Å². The van der Waals surface area contributed by atoms with Crippen LogP contribution in [0.3, 0.4) is 0 Å². The third kappa shape index (κ3) is 3.74. The summed E-state index contributed by atoms with van der Waals surface area (Å²) in [6, 6.07) is 14.1. The maximum atomic E-state index is 6.05. The smallest absolute Gasteiger partial charge is 0.136 e. The Morgan fingerprint density at radius 1 is 0.650 bits per heavy atom. The third-order valence-corrected chi connectivity index (χ3v) is 3.64. The first-order valence-corrected chi connectivity index (χ1v) is 7.07. The number of nitrogens with zero attached hydrogens (tertiary/aromatic N) is 2. The van der Waals surface area contributed by atoms with Gasteiger partial charge in [-0.05, 0) is 12.1 Å². The highest BCUT2D eigenvalue weighted by molar-refractivity contribution is 6.72. The summed E-state index contributed by atoms with van der Waals surface area (Å²) in [5.74, 6) is 0. The molecule has 6 heteroatoms. The van der Waals surface area contributed by atoms with Crippen LogP contribution in [-0.4, -0.2) is 10.3 Å². The largest absolute Gasteiger partial charge is 0.160 e. The Hall–Kier alpha value is -1.06. The Labute approximate surface area is 136 Å². The molecule has 0 amide bonds. The van der Waals surface area contributed by atoms with Crippen molar-refractivity contribution in [2.75, 3.05) is 0 Å². The normalized spacial score (nSPS) is 12.6. The minimum atomic E-state index is 0.154. The SMILES string of the molecule is Cl/C(=N/N=C(/Cl)c1ccccc1Cl)c1ccccc1Cl. The van der Waals surface area contributed by atoms with Crippen LogP contribution in [0.25, 0.3) is 0 Å². The highest BCUT2D eigenvalue weighted by Gasteiger charge is 2.07. The molecule has 0 aliphatic heterocycles. The van der Waals surface area contributed by atoms with Crippen LogP contribution < -0.4 is 0 Å². The average Bonchev–Trinajstić information content (AvgIpc) is 2.45. The lowest BCUT2D eigenvalue weighted by molar-refractivity contribution is 1.25. The molecule has 2 nitrogen and oxygen atoms in total. The predicted molar refractivity (Wildman–Crippen MR) is 87.7 cm³/mol. The lowest BCUT2D eigenvalue weighted by Crippen LogP contribution is -1.94. The summed E-state index contributed by atoms with van der Waals surface area (Å²) in [5, 5.41) is 9.02. The lowest BCUT2D eigenvalue weighted by atomic mass is 10.2. The fourth-order valence-corrected chi connectivity index (χ4v) is 2.40. The second-order valence-corrected chi connectivity index (χ2v) is 5.27. The van der Waals surface area contributed by atoms with Crippen molar-refractivity contribution in [2.45, 2.75) is 0 Å². The van der Waals surface area contributed by atoms with Crippen LogP contribution in [0.1, 0.15) is 11.1 Å². The maximum Gasteiger partial charge on any atom is 0.160 e. The number of benzene rings is 2. The van der Waals surface area contributed by atoms with Gasteiger partial charge in [-0.2, -0.15) is 0 Å². The van der Waals surface area contributed by atoms with Crippen molar-refractivity contribution in [1.29, 1.82) is 0 Å². The standard InChI is InChI=1S/C14H8Cl4N2/c15-11-7-3-1-5-9(11)13(17)19-20-14(18)10-6-2-4-8-12(10)16/h1-8H/b19-13+,20-14+. The molecule has 0 bridgehead atoms. The van der Waals surface area contributed by atoms with E-state index in [1.807, 2.05) is 0 Å². The first-order chi connectivity index (χ1) is 9.59. The first kappa shape index (κ1) is 15.3. The van der Waals surface area contributed by atoms with E-state index in [0.29, 0.717) is 21.2 Å². The van der Waals surface area contributed by atoms with Crippen LogP contribution >= 0.6 is 46.4 Å². The van der Waals surface area contributed by atoms with E-state index in [1.165, 1.54) is 0 Å². The molecule has 2 aromatic rings. The molecule has 0 saturated heterocycles. The summed E-state index contributed by atoms with van der Waals surface area (Å²) >= 11 is 24.1. The molecule has 0 saturated carbocycles. The molecule has 20 heavy (non-hydrogen) atoms. The monoisotopic (exact) mass is 344 g/mol. The third-order valence-electron chi connectivity index (χ3n) is 2.42. The molecule has 2 aromatic carbocycles. The Balaban J connectivity index is 2.30. The van der Waals surface area contributed by atoms with Gasteiger partial charge in [-0.3, -0.25) is 0 Å².